The molecule has 1 fully saturated rings. The molecule has 23 heavy (non-hydrogen) atoms. The van der Waals surface area contributed by atoms with Crippen LogP contribution in [0.15, 0.2) is 48.8 Å². The molecule has 1 aliphatic carbocycles. The number of fused-ring (bicyclic) bond motifs is 2. The zero-order chi connectivity index (χ0) is 16.0. The monoisotopic (exact) mass is 307 g/mol. The summed E-state index contributed by atoms with van der Waals surface area (Å²) in [4.78, 5) is 30.9. The normalized spacial score (nSPS) is 24.7. The van der Waals surface area contributed by atoms with Crippen LogP contribution in [0.4, 0.5) is 5.69 Å². The van der Waals surface area contributed by atoms with Gasteiger partial charge < -0.3 is 10.2 Å². The average Bonchev–Trinajstić information content (AvgIpc) is 3.32. The van der Waals surface area contributed by atoms with E-state index < -0.39 is 5.41 Å². The van der Waals surface area contributed by atoms with Crippen LogP contribution in [0.5, 0.6) is 0 Å². The van der Waals surface area contributed by atoms with Crippen molar-refractivity contribution in [1.82, 2.24) is 10.3 Å². The minimum absolute atomic E-state index is 0.0280. The quantitative estimate of drug-likeness (QED) is 0.937. The molecule has 1 aromatic heterocycles. The Morgan fingerprint density at radius 3 is 2.96 bits per heavy atom. The third-order valence-electron chi connectivity index (χ3n) is 4.90. The molecule has 1 saturated carbocycles. The molecular weight excluding hydrogens is 290 g/mol. The summed E-state index contributed by atoms with van der Waals surface area (Å²) < 4.78 is 0. The Balaban J connectivity index is 1.53. The molecule has 0 bridgehead atoms. The van der Waals surface area contributed by atoms with E-state index in [1.807, 2.05) is 36.4 Å². The molecule has 2 aromatic rings. The first kappa shape index (κ1) is 13.9. The van der Waals surface area contributed by atoms with Crippen molar-refractivity contribution in [3.63, 3.8) is 0 Å². The van der Waals surface area contributed by atoms with Crippen LogP contribution in [-0.4, -0.2) is 23.8 Å². The number of likely N-dealkylation sites (N-methyl/N-ethyl adjacent to an activating group) is 1. The summed E-state index contributed by atoms with van der Waals surface area (Å²) in [5.74, 6) is -0.315. The number of carbonyl (C=O) groups is 2. The topological polar surface area (TPSA) is 62.3 Å². The standard InChI is InChI=1S/C18H17N3O2/c1-21-15-7-3-2-6-13(15)18(17(21)23)9-14(18)16(22)20-11-12-5-4-8-19-10-12/h2-8,10,14H,9,11H2,1H3,(H,20,22)/t14-,18+/m1/s1. The molecule has 5 nitrogen and oxygen atoms in total. The van der Waals surface area contributed by atoms with Crippen LogP contribution in [0, 0.1) is 5.92 Å². The summed E-state index contributed by atoms with van der Waals surface area (Å²) in [7, 11) is 1.78. The Morgan fingerprint density at radius 2 is 2.17 bits per heavy atom. The smallest absolute Gasteiger partial charge is 0.238 e. The molecule has 116 valence electrons. The summed E-state index contributed by atoms with van der Waals surface area (Å²) in [6.45, 7) is 0.435. The van der Waals surface area contributed by atoms with E-state index in [-0.39, 0.29) is 17.7 Å². The first-order valence-corrected chi connectivity index (χ1v) is 7.69. The minimum Gasteiger partial charge on any atom is -0.352 e. The van der Waals surface area contributed by atoms with Gasteiger partial charge in [-0.3, -0.25) is 14.6 Å². The second-order valence-electron chi connectivity index (χ2n) is 6.19. The Morgan fingerprint density at radius 1 is 1.35 bits per heavy atom. The number of hydrogen-bond acceptors (Lipinski definition) is 3. The van der Waals surface area contributed by atoms with Crippen molar-refractivity contribution < 1.29 is 9.59 Å². The number of amides is 2. The molecule has 2 heterocycles. The van der Waals surface area contributed by atoms with Crippen molar-refractivity contribution in [2.75, 3.05) is 11.9 Å². The number of benzene rings is 1. The first-order valence-electron chi connectivity index (χ1n) is 7.69. The molecule has 1 N–H and O–H groups in total. The van der Waals surface area contributed by atoms with Crippen molar-refractivity contribution in [3.05, 3.63) is 59.9 Å². The van der Waals surface area contributed by atoms with E-state index in [0.717, 1.165) is 16.8 Å². The highest BCUT2D eigenvalue weighted by Gasteiger charge is 2.68. The van der Waals surface area contributed by atoms with E-state index in [4.69, 9.17) is 0 Å². The van der Waals surface area contributed by atoms with Crippen molar-refractivity contribution in [2.24, 2.45) is 5.92 Å². The molecule has 1 aromatic carbocycles. The molecule has 0 unspecified atom stereocenters. The first-order chi connectivity index (χ1) is 11.1. The van der Waals surface area contributed by atoms with E-state index >= 15 is 0 Å². The minimum atomic E-state index is -0.648. The summed E-state index contributed by atoms with van der Waals surface area (Å²) in [5.41, 5.74) is 2.20. The van der Waals surface area contributed by atoms with Gasteiger partial charge in [-0.15, -0.1) is 0 Å². The molecule has 5 heteroatoms. The maximum atomic E-state index is 12.7. The van der Waals surface area contributed by atoms with Crippen LogP contribution in [0.25, 0.3) is 0 Å². The Hall–Kier alpha value is -2.69. The lowest BCUT2D eigenvalue weighted by atomic mass is 9.94. The molecule has 2 atom stereocenters. The SMILES string of the molecule is CN1C(=O)[C@@]2(C[C@@H]2C(=O)NCc2cccnc2)c2ccccc21. The molecule has 0 radical (unpaired) electrons. The highest BCUT2D eigenvalue weighted by molar-refractivity contribution is 6.13. The Kier molecular flexibility index (Phi) is 2.98. The summed E-state index contributed by atoms with van der Waals surface area (Å²) >= 11 is 0. The van der Waals surface area contributed by atoms with Crippen LogP contribution in [-0.2, 0) is 21.5 Å². The third-order valence-corrected chi connectivity index (χ3v) is 4.90. The number of nitrogens with one attached hydrogen (secondary N) is 1. The largest absolute Gasteiger partial charge is 0.352 e. The van der Waals surface area contributed by atoms with Gasteiger partial charge in [0.25, 0.3) is 0 Å². The lowest BCUT2D eigenvalue weighted by molar-refractivity contribution is -0.126. The highest BCUT2D eigenvalue weighted by Crippen LogP contribution is 2.61. The van der Waals surface area contributed by atoms with Crippen LogP contribution in [0.2, 0.25) is 0 Å². The summed E-state index contributed by atoms with van der Waals surface area (Å²) in [6, 6.07) is 11.5. The maximum absolute atomic E-state index is 12.7. The van der Waals surface area contributed by atoms with Crippen molar-refractivity contribution in [1.29, 1.82) is 0 Å². The predicted octanol–water partition coefficient (Wildman–Crippen LogP) is 1.63. The number of hydrogen-bond donors (Lipinski definition) is 1. The summed E-state index contributed by atoms with van der Waals surface area (Å²) in [5, 5.41) is 2.93. The zero-order valence-corrected chi connectivity index (χ0v) is 12.8. The van der Waals surface area contributed by atoms with Crippen molar-refractivity contribution in [3.8, 4) is 0 Å². The molecule has 2 amide bonds. The van der Waals surface area contributed by atoms with Gasteiger partial charge in [-0.25, -0.2) is 0 Å². The average molecular weight is 307 g/mol. The van der Waals surface area contributed by atoms with Gasteiger partial charge in [0.1, 0.15) is 0 Å². The fourth-order valence-electron chi connectivity index (χ4n) is 3.60. The Bertz CT molecular complexity index is 790. The van der Waals surface area contributed by atoms with E-state index in [2.05, 4.69) is 10.3 Å². The number of para-hydroxylation sites is 1. The molecule has 1 aliphatic heterocycles. The van der Waals surface area contributed by atoms with Gasteiger partial charge in [0.05, 0.1) is 11.3 Å². The van der Waals surface area contributed by atoms with Crippen LogP contribution < -0.4 is 10.2 Å². The predicted molar refractivity (Wildman–Crippen MR) is 85.7 cm³/mol. The van der Waals surface area contributed by atoms with Crippen molar-refractivity contribution in [2.45, 2.75) is 18.4 Å². The Labute approximate surface area is 134 Å². The number of anilines is 1. The maximum Gasteiger partial charge on any atom is 0.238 e. The van der Waals surface area contributed by atoms with E-state index in [0.29, 0.717) is 13.0 Å². The van der Waals surface area contributed by atoms with Crippen LogP contribution >= 0.6 is 0 Å². The second-order valence-corrected chi connectivity index (χ2v) is 6.19. The lowest BCUT2D eigenvalue weighted by Gasteiger charge is -2.11. The van der Waals surface area contributed by atoms with E-state index in [9.17, 15) is 9.59 Å². The second kappa shape index (κ2) is 4.91. The van der Waals surface area contributed by atoms with Gasteiger partial charge in [-0.1, -0.05) is 24.3 Å². The van der Waals surface area contributed by atoms with Crippen LogP contribution in [0.1, 0.15) is 17.5 Å². The fraction of sp³-hybridized carbons (Fsp3) is 0.278. The lowest BCUT2D eigenvalue weighted by Crippen LogP contribution is -2.34. The number of rotatable bonds is 3. The zero-order valence-electron chi connectivity index (χ0n) is 12.8. The highest BCUT2D eigenvalue weighted by atomic mass is 16.2. The van der Waals surface area contributed by atoms with E-state index in [1.54, 1.807) is 24.3 Å². The van der Waals surface area contributed by atoms with Gasteiger partial charge in [0.15, 0.2) is 0 Å². The van der Waals surface area contributed by atoms with Crippen molar-refractivity contribution >= 4 is 17.5 Å². The molecule has 4 rings (SSSR count). The molecule has 0 saturated heterocycles. The van der Waals surface area contributed by atoms with Gasteiger partial charge in [0.2, 0.25) is 11.8 Å². The molecule has 2 aliphatic rings. The van der Waals surface area contributed by atoms with Gasteiger partial charge >= 0.3 is 0 Å². The molecular formula is C18H17N3O2. The van der Waals surface area contributed by atoms with Gasteiger partial charge in [-0.2, -0.15) is 0 Å². The van der Waals surface area contributed by atoms with Gasteiger partial charge in [0, 0.05) is 31.7 Å². The third kappa shape index (κ3) is 1.96. The van der Waals surface area contributed by atoms with Gasteiger partial charge in [-0.05, 0) is 29.7 Å². The number of pyridine rings is 1. The number of nitrogens with zero attached hydrogens (tertiary/aromatic N) is 2. The summed E-state index contributed by atoms with van der Waals surface area (Å²) in [6.07, 6.45) is 4.02. The van der Waals surface area contributed by atoms with E-state index in [1.165, 1.54) is 0 Å². The molecule has 1 spiro atoms. The van der Waals surface area contributed by atoms with Crippen LogP contribution in [0.3, 0.4) is 0 Å². The fourth-order valence-corrected chi connectivity index (χ4v) is 3.60. The number of carbonyl (C=O) groups excluding carboxylic acids is 2. The number of aromatic nitrogens is 1.